The molecular weight excluding hydrogens is 315 g/mol. The van der Waals surface area contributed by atoms with Crippen molar-refractivity contribution in [3.8, 4) is 6.07 Å². The van der Waals surface area contributed by atoms with E-state index in [1.54, 1.807) is 0 Å². The molecule has 1 heterocycles. The summed E-state index contributed by atoms with van der Waals surface area (Å²) in [5.74, 6) is -0.232. The van der Waals surface area contributed by atoms with Crippen molar-refractivity contribution in [2.45, 2.75) is 31.8 Å². The Hall–Kier alpha value is -2.71. The topological polar surface area (TPSA) is 53.6 Å². The number of nitriles is 1. The summed E-state index contributed by atoms with van der Waals surface area (Å²) < 4.78 is 15.4. The van der Waals surface area contributed by atoms with Gasteiger partial charge in [0.05, 0.1) is 29.5 Å². The smallest absolute Gasteiger partial charge is 0.123 e. The van der Waals surface area contributed by atoms with E-state index in [1.807, 2.05) is 36.7 Å². The highest BCUT2D eigenvalue weighted by Gasteiger charge is 2.13. The molecular formula is C20H21FN4. The summed E-state index contributed by atoms with van der Waals surface area (Å²) in [5.41, 5.74) is 3.09. The molecule has 1 atom stereocenters. The molecule has 0 aliphatic carbocycles. The number of nitrogens with zero attached hydrogens (tertiary/aromatic N) is 3. The summed E-state index contributed by atoms with van der Waals surface area (Å²) >= 11 is 0. The lowest BCUT2D eigenvalue weighted by atomic mass is 10.1. The molecule has 0 bridgehead atoms. The lowest BCUT2D eigenvalue weighted by Gasteiger charge is -2.20. The molecule has 4 nitrogen and oxygen atoms in total. The molecule has 3 rings (SSSR count). The van der Waals surface area contributed by atoms with Crippen molar-refractivity contribution in [1.82, 2.24) is 14.9 Å². The Morgan fingerprint density at radius 2 is 1.92 bits per heavy atom. The minimum atomic E-state index is -0.232. The van der Waals surface area contributed by atoms with Gasteiger partial charge in [0, 0.05) is 13.0 Å². The third kappa shape index (κ3) is 4.43. The molecule has 0 aliphatic heterocycles. The van der Waals surface area contributed by atoms with E-state index in [1.165, 1.54) is 12.1 Å². The van der Waals surface area contributed by atoms with Gasteiger partial charge in [-0.25, -0.2) is 9.37 Å². The minimum absolute atomic E-state index is 0.0558. The van der Waals surface area contributed by atoms with Gasteiger partial charge in [-0.2, -0.15) is 5.26 Å². The van der Waals surface area contributed by atoms with Crippen molar-refractivity contribution >= 4 is 11.0 Å². The van der Waals surface area contributed by atoms with Crippen LogP contribution in [-0.2, 0) is 6.54 Å². The molecule has 0 spiro atoms. The van der Waals surface area contributed by atoms with Crippen LogP contribution >= 0.6 is 0 Å². The van der Waals surface area contributed by atoms with Crippen molar-refractivity contribution in [3.63, 3.8) is 0 Å². The van der Waals surface area contributed by atoms with Gasteiger partial charge >= 0.3 is 0 Å². The van der Waals surface area contributed by atoms with Crippen molar-refractivity contribution in [2.24, 2.45) is 0 Å². The average Bonchev–Trinajstić information content (AvgIpc) is 3.04. The summed E-state index contributed by atoms with van der Waals surface area (Å²) in [7, 11) is 0. The first-order chi connectivity index (χ1) is 12.3. The van der Waals surface area contributed by atoms with E-state index in [2.05, 4.69) is 27.0 Å². The summed E-state index contributed by atoms with van der Waals surface area (Å²) in [6, 6.07) is 16.9. The first-order valence-corrected chi connectivity index (χ1v) is 8.53. The summed E-state index contributed by atoms with van der Waals surface area (Å²) in [6.45, 7) is 1.53. The molecule has 0 unspecified atom stereocenters. The van der Waals surface area contributed by atoms with E-state index in [0.717, 1.165) is 36.0 Å². The number of benzene rings is 2. The maximum atomic E-state index is 13.3. The molecule has 0 amide bonds. The Morgan fingerprint density at radius 3 is 2.72 bits per heavy atom. The number of hydrogen-bond donors (Lipinski definition) is 1. The number of fused-ring (bicyclic) bond motifs is 1. The standard InChI is InChI=1S/C20H21FN4/c21-17-10-8-16(9-11-17)19(23-13-5-1-4-12-22)14-25-15-24-18-6-2-3-7-20(18)25/h2-3,6-11,15,19,23H,1,4-5,13-14H2/t19-/m0/s1. The predicted molar refractivity (Wildman–Crippen MR) is 96.3 cm³/mol. The highest BCUT2D eigenvalue weighted by atomic mass is 19.1. The van der Waals surface area contributed by atoms with Crippen LogP contribution in [0, 0.1) is 17.1 Å². The zero-order chi connectivity index (χ0) is 17.5. The highest BCUT2D eigenvalue weighted by Crippen LogP contribution is 2.20. The molecule has 0 fully saturated rings. The Kier molecular flexibility index (Phi) is 5.76. The number of rotatable bonds is 8. The fourth-order valence-corrected chi connectivity index (χ4v) is 2.94. The van der Waals surface area contributed by atoms with E-state index >= 15 is 0 Å². The minimum Gasteiger partial charge on any atom is -0.329 e. The van der Waals surface area contributed by atoms with Gasteiger partial charge in [0.25, 0.3) is 0 Å². The molecule has 5 heteroatoms. The second-order valence-corrected chi connectivity index (χ2v) is 6.06. The van der Waals surface area contributed by atoms with Gasteiger partial charge in [-0.3, -0.25) is 0 Å². The molecule has 2 aromatic carbocycles. The van der Waals surface area contributed by atoms with E-state index in [0.29, 0.717) is 13.0 Å². The van der Waals surface area contributed by atoms with Gasteiger partial charge in [0.15, 0.2) is 0 Å². The van der Waals surface area contributed by atoms with Crippen molar-refractivity contribution in [2.75, 3.05) is 6.54 Å². The molecule has 1 aromatic heterocycles. The summed E-state index contributed by atoms with van der Waals surface area (Å²) in [5, 5.41) is 12.2. The number of unbranched alkanes of at least 4 members (excludes halogenated alkanes) is 2. The fraction of sp³-hybridized carbons (Fsp3) is 0.300. The molecule has 0 saturated carbocycles. The molecule has 3 aromatic rings. The third-order valence-corrected chi connectivity index (χ3v) is 4.29. The lowest BCUT2D eigenvalue weighted by molar-refractivity contribution is 0.460. The highest BCUT2D eigenvalue weighted by molar-refractivity contribution is 5.74. The van der Waals surface area contributed by atoms with Gasteiger partial charge < -0.3 is 9.88 Å². The molecule has 0 aliphatic rings. The SMILES string of the molecule is N#CCCCCN[C@@H](Cn1cnc2ccccc21)c1ccc(F)cc1. The van der Waals surface area contributed by atoms with Crippen molar-refractivity contribution in [1.29, 1.82) is 5.26 Å². The quantitative estimate of drug-likeness (QED) is 0.627. The van der Waals surface area contributed by atoms with E-state index < -0.39 is 0 Å². The summed E-state index contributed by atoms with van der Waals surface area (Å²) in [4.78, 5) is 4.44. The second-order valence-electron chi connectivity index (χ2n) is 6.06. The number of imidazole rings is 1. The first-order valence-electron chi connectivity index (χ1n) is 8.53. The van der Waals surface area contributed by atoms with Crippen LogP contribution in [0.25, 0.3) is 11.0 Å². The lowest BCUT2D eigenvalue weighted by Crippen LogP contribution is -2.26. The van der Waals surface area contributed by atoms with E-state index in [4.69, 9.17) is 5.26 Å². The van der Waals surface area contributed by atoms with Crippen LogP contribution < -0.4 is 5.32 Å². The number of aromatic nitrogens is 2. The van der Waals surface area contributed by atoms with Crippen LogP contribution in [-0.4, -0.2) is 16.1 Å². The predicted octanol–water partition coefficient (Wildman–Crippen LogP) is 4.20. The number of nitrogens with one attached hydrogen (secondary N) is 1. The maximum Gasteiger partial charge on any atom is 0.123 e. The molecule has 25 heavy (non-hydrogen) atoms. The van der Waals surface area contributed by atoms with E-state index in [9.17, 15) is 4.39 Å². The van der Waals surface area contributed by atoms with E-state index in [-0.39, 0.29) is 11.9 Å². The normalized spacial score (nSPS) is 12.2. The van der Waals surface area contributed by atoms with Crippen LogP contribution in [0.5, 0.6) is 0 Å². The molecule has 128 valence electrons. The molecule has 0 radical (unpaired) electrons. The monoisotopic (exact) mass is 336 g/mol. The number of para-hydroxylation sites is 2. The van der Waals surface area contributed by atoms with Crippen LogP contribution in [0.15, 0.2) is 54.9 Å². The fourth-order valence-electron chi connectivity index (χ4n) is 2.94. The van der Waals surface area contributed by atoms with Gasteiger partial charge in [-0.05, 0) is 49.2 Å². The van der Waals surface area contributed by atoms with Gasteiger partial charge in [-0.15, -0.1) is 0 Å². The Bertz CT molecular complexity index is 848. The van der Waals surface area contributed by atoms with Crippen molar-refractivity contribution in [3.05, 3.63) is 66.2 Å². The number of hydrogen-bond acceptors (Lipinski definition) is 3. The van der Waals surface area contributed by atoms with Crippen molar-refractivity contribution < 1.29 is 4.39 Å². The molecule has 1 N–H and O–H groups in total. The van der Waals surface area contributed by atoms with Crippen LogP contribution in [0.4, 0.5) is 4.39 Å². The Labute approximate surface area is 146 Å². The Morgan fingerprint density at radius 1 is 1.12 bits per heavy atom. The van der Waals surface area contributed by atoms with Crippen LogP contribution in [0.1, 0.15) is 30.9 Å². The van der Waals surface area contributed by atoms with Gasteiger partial charge in [0.2, 0.25) is 0 Å². The average molecular weight is 336 g/mol. The van der Waals surface area contributed by atoms with Crippen LogP contribution in [0.2, 0.25) is 0 Å². The second kappa shape index (κ2) is 8.41. The van der Waals surface area contributed by atoms with Gasteiger partial charge in [-0.1, -0.05) is 24.3 Å². The zero-order valence-electron chi connectivity index (χ0n) is 14.0. The maximum absolute atomic E-state index is 13.3. The number of halogens is 1. The third-order valence-electron chi connectivity index (χ3n) is 4.29. The largest absolute Gasteiger partial charge is 0.329 e. The Balaban J connectivity index is 1.75. The summed E-state index contributed by atoms with van der Waals surface area (Å²) in [6.07, 6.45) is 4.25. The molecule has 0 saturated heterocycles. The zero-order valence-corrected chi connectivity index (χ0v) is 14.0. The van der Waals surface area contributed by atoms with Crippen LogP contribution in [0.3, 0.4) is 0 Å². The van der Waals surface area contributed by atoms with Gasteiger partial charge in [0.1, 0.15) is 5.82 Å². The first kappa shape index (κ1) is 17.1.